The topological polar surface area (TPSA) is 112 Å². The maximum Gasteiger partial charge on any atom is 0.341 e. The number of nitrogens with zero attached hydrogens (tertiary/aromatic N) is 4. The minimum atomic E-state index is -0.409. The van der Waals surface area contributed by atoms with Crippen molar-refractivity contribution in [3.8, 4) is 0 Å². The van der Waals surface area contributed by atoms with E-state index in [1.165, 1.54) is 18.4 Å². The first-order valence-electron chi connectivity index (χ1n) is 9.51. The Kier molecular flexibility index (Phi) is 6.18. The van der Waals surface area contributed by atoms with Crippen LogP contribution in [0.25, 0.3) is 0 Å². The number of nitrogens with one attached hydrogen (secondary N) is 1. The van der Waals surface area contributed by atoms with E-state index in [4.69, 9.17) is 9.15 Å². The number of carbonyl (C=O) groups is 2. The summed E-state index contributed by atoms with van der Waals surface area (Å²) < 4.78 is 12.2. The average Bonchev–Trinajstić information content (AvgIpc) is 3.44. The number of amides is 1. The van der Waals surface area contributed by atoms with Gasteiger partial charge in [0, 0.05) is 11.1 Å². The Balaban J connectivity index is 1.37. The highest BCUT2D eigenvalue weighted by molar-refractivity contribution is 7.99. The SMILES string of the molecule is COC(=O)c1c(NC(=O)CSc2nnc(Cn3ccc(C)n3)o2)sc2c1CCCC2. The lowest BCUT2D eigenvalue weighted by molar-refractivity contribution is -0.113. The van der Waals surface area contributed by atoms with Crippen LogP contribution in [-0.4, -0.2) is 44.7 Å². The standard InChI is InChI=1S/C19H21N5O4S2/c1-11-7-8-24(23-11)9-15-21-22-19(28-15)29-10-14(25)20-17-16(18(26)27-2)12-5-3-4-6-13(12)30-17/h7-8H,3-6,9-10H2,1-2H3,(H,20,25). The molecule has 0 radical (unpaired) electrons. The summed E-state index contributed by atoms with van der Waals surface area (Å²) in [6, 6.07) is 1.89. The number of aromatic nitrogens is 4. The van der Waals surface area contributed by atoms with E-state index in [0.29, 0.717) is 28.2 Å². The van der Waals surface area contributed by atoms with Gasteiger partial charge in [-0.15, -0.1) is 21.5 Å². The lowest BCUT2D eigenvalue weighted by atomic mass is 9.95. The Morgan fingerprint density at radius 2 is 2.17 bits per heavy atom. The minimum absolute atomic E-state index is 0.0890. The average molecular weight is 448 g/mol. The van der Waals surface area contributed by atoms with Crippen molar-refractivity contribution in [3.63, 3.8) is 0 Å². The third-order valence-corrected chi connectivity index (χ3v) is 6.69. The van der Waals surface area contributed by atoms with Crippen molar-refractivity contribution in [2.75, 3.05) is 18.2 Å². The quantitative estimate of drug-likeness (QED) is 0.434. The number of esters is 1. The van der Waals surface area contributed by atoms with Crippen LogP contribution in [0.5, 0.6) is 0 Å². The number of hydrogen-bond acceptors (Lipinski definition) is 9. The summed E-state index contributed by atoms with van der Waals surface area (Å²) in [5.74, 6) is -0.148. The molecule has 0 saturated carbocycles. The monoisotopic (exact) mass is 447 g/mol. The first kappa shape index (κ1) is 20.6. The van der Waals surface area contributed by atoms with Gasteiger partial charge in [0.1, 0.15) is 11.5 Å². The Bertz CT molecular complexity index is 1070. The zero-order chi connectivity index (χ0) is 21.1. The van der Waals surface area contributed by atoms with Crippen LogP contribution in [-0.2, 0) is 28.9 Å². The second kappa shape index (κ2) is 9.00. The van der Waals surface area contributed by atoms with E-state index in [9.17, 15) is 9.59 Å². The highest BCUT2D eigenvalue weighted by Gasteiger charge is 2.27. The molecule has 1 aliphatic rings. The van der Waals surface area contributed by atoms with Crippen molar-refractivity contribution in [1.29, 1.82) is 0 Å². The number of rotatable bonds is 7. The highest BCUT2D eigenvalue weighted by atomic mass is 32.2. The maximum absolute atomic E-state index is 12.5. The molecule has 0 aromatic carbocycles. The van der Waals surface area contributed by atoms with Crippen molar-refractivity contribution in [1.82, 2.24) is 20.0 Å². The zero-order valence-corrected chi connectivity index (χ0v) is 18.3. The smallest absolute Gasteiger partial charge is 0.341 e. The number of hydrogen-bond donors (Lipinski definition) is 1. The van der Waals surface area contributed by atoms with Crippen LogP contribution in [0.15, 0.2) is 21.9 Å². The van der Waals surface area contributed by atoms with E-state index in [1.807, 2.05) is 19.2 Å². The molecule has 11 heteroatoms. The third kappa shape index (κ3) is 4.57. The Morgan fingerprint density at radius 3 is 2.93 bits per heavy atom. The number of carbonyl (C=O) groups excluding carboxylic acids is 2. The van der Waals surface area contributed by atoms with E-state index in [0.717, 1.165) is 53.6 Å². The highest BCUT2D eigenvalue weighted by Crippen LogP contribution is 2.38. The second-order valence-corrected chi connectivity index (χ2v) is 8.89. The van der Waals surface area contributed by atoms with E-state index in [-0.39, 0.29) is 11.7 Å². The normalized spacial score (nSPS) is 13.1. The fraction of sp³-hybridized carbons (Fsp3) is 0.421. The van der Waals surface area contributed by atoms with Gasteiger partial charge in [0.2, 0.25) is 11.8 Å². The Morgan fingerprint density at radius 1 is 1.33 bits per heavy atom. The summed E-state index contributed by atoms with van der Waals surface area (Å²) in [5.41, 5.74) is 2.41. The predicted molar refractivity (Wildman–Crippen MR) is 112 cm³/mol. The molecule has 0 spiro atoms. The first-order valence-corrected chi connectivity index (χ1v) is 11.3. The van der Waals surface area contributed by atoms with Crippen LogP contribution in [0.4, 0.5) is 5.00 Å². The largest absolute Gasteiger partial charge is 0.465 e. The van der Waals surface area contributed by atoms with E-state index in [1.54, 1.807) is 4.68 Å². The lowest BCUT2D eigenvalue weighted by Gasteiger charge is -2.11. The summed E-state index contributed by atoms with van der Waals surface area (Å²) in [4.78, 5) is 25.9. The summed E-state index contributed by atoms with van der Waals surface area (Å²) >= 11 is 2.61. The third-order valence-electron chi connectivity index (χ3n) is 4.66. The van der Waals surface area contributed by atoms with Gasteiger partial charge in [-0.25, -0.2) is 4.79 Å². The molecule has 1 amide bonds. The molecule has 3 aromatic heterocycles. The van der Waals surface area contributed by atoms with E-state index in [2.05, 4.69) is 20.6 Å². The zero-order valence-electron chi connectivity index (χ0n) is 16.6. The van der Waals surface area contributed by atoms with Crippen LogP contribution >= 0.6 is 23.1 Å². The molecule has 0 bridgehead atoms. The van der Waals surface area contributed by atoms with Gasteiger partial charge in [-0.3, -0.25) is 9.48 Å². The fourth-order valence-corrected chi connectivity index (χ4v) is 5.19. The lowest BCUT2D eigenvalue weighted by Crippen LogP contribution is -2.16. The number of thiophene rings is 1. The number of fused-ring (bicyclic) bond motifs is 1. The molecule has 3 aromatic rings. The number of ether oxygens (including phenoxy) is 1. The van der Waals surface area contributed by atoms with Gasteiger partial charge >= 0.3 is 5.97 Å². The van der Waals surface area contributed by atoms with Crippen molar-refractivity contribution in [2.24, 2.45) is 0 Å². The maximum atomic E-state index is 12.5. The molecule has 158 valence electrons. The van der Waals surface area contributed by atoms with Crippen molar-refractivity contribution in [3.05, 3.63) is 39.9 Å². The Hall–Kier alpha value is -2.66. The number of aryl methyl sites for hydroxylation is 2. The van der Waals surface area contributed by atoms with Crippen LogP contribution in [0.1, 0.15) is 45.2 Å². The van der Waals surface area contributed by atoms with Crippen molar-refractivity contribution in [2.45, 2.75) is 44.4 Å². The van der Waals surface area contributed by atoms with Crippen LogP contribution < -0.4 is 5.32 Å². The molecule has 1 aliphatic carbocycles. The molecule has 0 fully saturated rings. The second-order valence-electron chi connectivity index (χ2n) is 6.86. The molecular formula is C19H21N5O4S2. The molecule has 1 N–H and O–H groups in total. The predicted octanol–water partition coefficient (Wildman–Crippen LogP) is 3.08. The summed E-state index contributed by atoms with van der Waals surface area (Å²) in [6.45, 7) is 2.27. The number of thioether (sulfide) groups is 1. The van der Waals surface area contributed by atoms with Gasteiger partial charge in [-0.05, 0) is 44.2 Å². The molecule has 0 atom stereocenters. The molecule has 30 heavy (non-hydrogen) atoms. The molecule has 0 saturated heterocycles. The first-order chi connectivity index (χ1) is 14.5. The Labute approximate surface area is 181 Å². The van der Waals surface area contributed by atoms with Gasteiger partial charge in [-0.2, -0.15) is 5.10 Å². The number of anilines is 1. The summed E-state index contributed by atoms with van der Waals surface area (Å²) in [7, 11) is 1.36. The minimum Gasteiger partial charge on any atom is -0.465 e. The van der Waals surface area contributed by atoms with Crippen LogP contribution in [0, 0.1) is 6.92 Å². The van der Waals surface area contributed by atoms with Crippen molar-refractivity contribution >= 4 is 40.0 Å². The van der Waals surface area contributed by atoms with Crippen molar-refractivity contribution < 1.29 is 18.7 Å². The number of methoxy groups -OCH3 is 1. The van der Waals surface area contributed by atoms with Gasteiger partial charge < -0.3 is 14.5 Å². The van der Waals surface area contributed by atoms with Crippen LogP contribution in [0.3, 0.4) is 0 Å². The molecule has 3 heterocycles. The summed E-state index contributed by atoms with van der Waals surface area (Å²) in [6.07, 6.45) is 5.72. The van der Waals surface area contributed by atoms with Gasteiger partial charge in [0.05, 0.1) is 24.1 Å². The molecule has 0 unspecified atom stereocenters. The molecule has 9 nitrogen and oxygen atoms in total. The van der Waals surface area contributed by atoms with Gasteiger partial charge in [-0.1, -0.05) is 11.8 Å². The van der Waals surface area contributed by atoms with Gasteiger partial charge in [0.25, 0.3) is 5.22 Å². The molecule has 4 rings (SSSR count). The van der Waals surface area contributed by atoms with E-state index >= 15 is 0 Å². The van der Waals surface area contributed by atoms with E-state index < -0.39 is 5.97 Å². The van der Waals surface area contributed by atoms with Gasteiger partial charge in [0.15, 0.2) is 0 Å². The van der Waals surface area contributed by atoms with Crippen LogP contribution in [0.2, 0.25) is 0 Å². The summed E-state index contributed by atoms with van der Waals surface area (Å²) in [5, 5.41) is 15.9. The fourth-order valence-electron chi connectivity index (χ4n) is 3.31. The molecular weight excluding hydrogens is 426 g/mol. The molecule has 0 aliphatic heterocycles.